The SMILES string of the molecule is CCc1cc2c(NC3CCC(NC(=O)OC(C)(C)C)CC3)ncnc2s1. The van der Waals surface area contributed by atoms with Crippen LogP contribution in [0.1, 0.15) is 58.3 Å². The van der Waals surface area contributed by atoms with E-state index in [2.05, 4.69) is 33.6 Å². The van der Waals surface area contributed by atoms with Crippen molar-refractivity contribution in [1.29, 1.82) is 0 Å². The molecule has 2 aromatic heterocycles. The van der Waals surface area contributed by atoms with Gasteiger partial charge >= 0.3 is 6.09 Å². The van der Waals surface area contributed by atoms with Crippen molar-refractivity contribution in [2.45, 2.75) is 77.5 Å². The van der Waals surface area contributed by atoms with Gasteiger partial charge in [0, 0.05) is 17.0 Å². The zero-order valence-electron chi connectivity index (χ0n) is 16.0. The Morgan fingerprint density at radius 1 is 1.23 bits per heavy atom. The van der Waals surface area contributed by atoms with Crippen molar-refractivity contribution in [2.24, 2.45) is 0 Å². The number of carbonyl (C=O) groups excluding carboxylic acids is 1. The lowest BCUT2D eigenvalue weighted by Gasteiger charge is -2.30. The van der Waals surface area contributed by atoms with Crippen LogP contribution in [0.2, 0.25) is 0 Å². The summed E-state index contributed by atoms with van der Waals surface area (Å²) in [6.07, 6.45) is 6.20. The molecule has 7 heteroatoms. The second-order valence-corrected chi connectivity index (χ2v) is 8.96. The lowest BCUT2D eigenvalue weighted by molar-refractivity contribution is 0.0492. The number of hydrogen-bond acceptors (Lipinski definition) is 6. The van der Waals surface area contributed by atoms with E-state index < -0.39 is 5.60 Å². The minimum absolute atomic E-state index is 0.182. The maximum Gasteiger partial charge on any atom is 0.407 e. The van der Waals surface area contributed by atoms with Crippen molar-refractivity contribution in [3.63, 3.8) is 0 Å². The Hall–Kier alpha value is -1.89. The van der Waals surface area contributed by atoms with Crippen LogP contribution in [-0.2, 0) is 11.2 Å². The average molecular weight is 377 g/mol. The van der Waals surface area contributed by atoms with Crippen molar-refractivity contribution < 1.29 is 9.53 Å². The van der Waals surface area contributed by atoms with Crippen LogP contribution in [-0.4, -0.2) is 33.7 Å². The van der Waals surface area contributed by atoms with Crippen LogP contribution in [0.25, 0.3) is 10.2 Å². The molecule has 1 fully saturated rings. The van der Waals surface area contributed by atoms with Gasteiger partial charge in [0.1, 0.15) is 22.6 Å². The summed E-state index contributed by atoms with van der Waals surface area (Å²) >= 11 is 1.73. The summed E-state index contributed by atoms with van der Waals surface area (Å²) in [7, 11) is 0. The fourth-order valence-electron chi connectivity index (χ4n) is 3.24. The van der Waals surface area contributed by atoms with Gasteiger partial charge in [0.2, 0.25) is 0 Å². The molecule has 142 valence electrons. The molecule has 0 radical (unpaired) electrons. The highest BCUT2D eigenvalue weighted by atomic mass is 32.1. The number of thiophene rings is 1. The number of hydrogen-bond donors (Lipinski definition) is 2. The number of aryl methyl sites for hydroxylation is 1. The van der Waals surface area contributed by atoms with Gasteiger partial charge in [-0.25, -0.2) is 14.8 Å². The molecule has 26 heavy (non-hydrogen) atoms. The van der Waals surface area contributed by atoms with Gasteiger partial charge in [0.05, 0.1) is 5.39 Å². The number of alkyl carbamates (subject to hydrolysis) is 1. The van der Waals surface area contributed by atoms with Crippen LogP contribution in [0.4, 0.5) is 10.6 Å². The number of nitrogens with one attached hydrogen (secondary N) is 2. The van der Waals surface area contributed by atoms with E-state index in [0.29, 0.717) is 6.04 Å². The van der Waals surface area contributed by atoms with Gasteiger partial charge in [-0.2, -0.15) is 0 Å². The largest absolute Gasteiger partial charge is 0.444 e. The minimum atomic E-state index is -0.459. The summed E-state index contributed by atoms with van der Waals surface area (Å²) in [5.74, 6) is 0.925. The highest BCUT2D eigenvalue weighted by molar-refractivity contribution is 7.18. The summed E-state index contributed by atoms with van der Waals surface area (Å²) in [4.78, 5) is 23.1. The number of anilines is 1. The number of rotatable bonds is 4. The van der Waals surface area contributed by atoms with Crippen molar-refractivity contribution in [3.05, 3.63) is 17.3 Å². The predicted molar refractivity (Wildman–Crippen MR) is 106 cm³/mol. The molecule has 1 aliphatic rings. The Morgan fingerprint density at radius 2 is 1.92 bits per heavy atom. The second-order valence-electron chi connectivity index (χ2n) is 7.85. The summed E-state index contributed by atoms with van der Waals surface area (Å²) in [6, 6.07) is 2.74. The van der Waals surface area contributed by atoms with Crippen LogP contribution in [0.5, 0.6) is 0 Å². The quantitative estimate of drug-likeness (QED) is 0.821. The Morgan fingerprint density at radius 3 is 2.58 bits per heavy atom. The van der Waals surface area contributed by atoms with Gasteiger partial charge in [-0.3, -0.25) is 0 Å². The van der Waals surface area contributed by atoms with Crippen LogP contribution >= 0.6 is 11.3 Å². The molecule has 0 saturated heterocycles. The Bertz CT molecular complexity index is 760. The summed E-state index contributed by atoms with van der Waals surface area (Å²) in [6.45, 7) is 7.79. The molecule has 0 spiro atoms. The average Bonchev–Trinajstić information content (AvgIpc) is 2.99. The molecule has 0 atom stereocenters. The van der Waals surface area contributed by atoms with Gasteiger partial charge in [-0.1, -0.05) is 6.92 Å². The maximum atomic E-state index is 11.9. The number of fused-ring (bicyclic) bond motifs is 1. The molecule has 1 saturated carbocycles. The monoisotopic (exact) mass is 376 g/mol. The van der Waals surface area contributed by atoms with Gasteiger partial charge in [-0.15, -0.1) is 11.3 Å². The highest BCUT2D eigenvalue weighted by Gasteiger charge is 2.25. The first-order valence-electron chi connectivity index (χ1n) is 9.33. The molecule has 1 amide bonds. The molecule has 0 aromatic carbocycles. The molecule has 1 aliphatic carbocycles. The number of nitrogens with zero attached hydrogens (tertiary/aromatic N) is 2. The normalized spacial score (nSPS) is 20.8. The van der Waals surface area contributed by atoms with Crippen LogP contribution in [0.15, 0.2) is 12.4 Å². The van der Waals surface area contributed by atoms with Gasteiger partial charge in [0.25, 0.3) is 0 Å². The minimum Gasteiger partial charge on any atom is -0.444 e. The fourth-order valence-corrected chi connectivity index (χ4v) is 4.18. The third kappa shape index (κ3) is 4.84. The zero-order valence-corrected chi connectivity index (χ0v) is 16.8. The van der Waals surface area contributed by atoms with Crippen molar-refractivity contribution in [2.75, 3.05) is 5.32 Å². The molecule has 0 unspecified atom stereocenters. The van der Waals surface area contributed by atoms with E-state index in [1.54, 1.807) is 17.7 Å². The summed E-state index contributed by atoms with van der Waals surface area (Å²) < 4.78 is 5.34. The number of carbonyl (C=O) groups is 1. The van der Waals surface area contributed by atoms with E-state index in [1.165, 1.54) is 4.88 Å². The first kappa shape index (κ1) is 18.9. The van der Waals surface area contributed by atoms with E-state index in [-0.39, 0.29) is 12.1 Å². The summed E-state index contributed by atoms with van der Waals surface area (Å²) in [5, 5.41) is 7.69. The Kier molecular flexibility index (Phi) is 5.65. The van der Waals surface area contributed by atoms with Crippen LogP contribution in [0.3, 0.4) is 0 Å². The lowest BCUT2D eigenvalue weighted by Crippen LogP contribution is -2.42. The number of ether oxygens (including phenoxy) is 1. The molecule has 2 aromatic rings. The van der Waals surface area contributed by atoms with E-state index in [4.69, 9.17) is 4.74 Å². The standard InChI is InChI=1S/C19H28N4O2S/c1-5-14-10-15-16(20-11-21-17(15)26-14)22-12-6-8-13(9-7-12)23-18(24)25-19(2,3)4/h10-13H,5-9H2,1-4H3,(H,23,24)(H,20,21,22). The smallest absolute Gasteiger partial charge is 0.407 e. The number of aromatic nitrogens is 2. The predicted octanol–water partition coefficient (Wildman–Crippen LogP) is 4.50. The van der Waals surface area contributed by atoms with Gasteiger partial charge in [0.15, 0.2) is 0 Å². The molecular formula is C19H28N4O2S. The van der Waals surface area contributed by atoms with Crippen LogP contribution in [0, 0.1) is 0 Å². The molecule has 0 aliphatic heterocycles. The van der Waals surface area contributed by atoms with Crippen molar-refractivity contribution >= 4 is 33.5 Å². The molecule has 2 N–H and O–H groups in total. The van der Waals surface area contributed by atoms with Gasteiger partial charge < -0.3 is 15.4 Å². The first-order chi connectivity index (χ1) is 12.3. The number of amides is 1. The third-order valence-electron chi connectivity index (χ3n) is 4.52. The molecule has 2 heterocycles. The third-order valence-corrected chi connectivity index (χ3v) is 5.71. The van der Waals surface area contributed by atoms with Crippen molar-refractivity contribution in [3.8, 4) is 0 Å². The van der Waals surface area contributed by atoms with E-state index in [0.717, 1.165) is 48.1 Å². The van der Waals surface area contributed by atoms with E-state index in [9.17, 15) is 4.79 Å². The maximum absolute atomic E-state index is 11.9. The fraction of sp³-hybridized carbons (Fsp3) is 0.632. The lowest BCUT2D eigenvalue weighted by atomic mass is 9.91. The van der Waals surface area contributed by atoms with E-state index >= 15 is 0 Å². The second kappa shape index (κ2) is 7.78. The zero-order chi connectivity index (χ0) is 18.7. The van der Waals surface area contributed by atoms with Gasteiger partial charge in [-0.05, 0) is 58.9 Å². The Labute approximate surface area is 158 Å². The molecule has 6 nitrogen and oxygen atoms in total. The molecule has 0 bridgehead atoms. The van der Waals surface area contributed by atoms with Crippen molar-refractivity contribution in [1.82, 2.24) is 15.3 Å². The topological polar surface area (TPSA) is 76.1 Å². The molecular weight excluding hydrogens is 348 g/mol. The summed E-state index contributed by atoms with van der Waals surface area (Å²) in [5.41, 5.74) is -0.459. The molecule has 3 rings (SSSR count). The first-order valence-corrected chi connectivity index (χ1v) is 10.1. The van der Waals surface area contributed by atoms with Crippen LogP contribution < -0.4 is 10.6 Å². The Balaban J connectivity index is 1.54. The highest BCUT2D eigenvalue weighted by Crippen LogP contribution is 2.30. The van der Waals surface area contributed by atoms with E-state index in [1.807, 2.05) is 20.8 Å².